The normalized spacial score (nSPS) is 21.6. The van der Waals surface area contributed by atoms with Gasteiger partial charge < -0.3 is 0 Å². The maximum Gasteiger partial charge on any atom is 0.0718 e. The van der Waals surface area contributed by atoms with Gasteiger partial charge in [0.2, 0.25) is 0 Å². The summed E-state index contributed by atoms with van der Waals surface area (Å²) in [7, 11) is 0. The molecule has 0 spiro atoms. The van der Waals surface area contributed by atoms with Gasteiger partial charge in [-0.05, 0) is 62.2 Å². The number of thioether (sulfide) groups is 20. The molecule has 0 atom stereocenters. The largest absolute Gasteiger partial charge is 0.121 e. The van der Waals surface area contributed by atoms with E-state index in [1.165, 1.54) is 78.9 Å². The molecule has 0 nitrogen and oxygen atoms in total. The molecule has 0 aliphatic carbocycles. The minimum atomic E-state index is 1.36. The van der Waals surface area contributed by atoms with Crippen LogP contribution in [0.2, 0.25) is 0 Å². The van der Waals surface area contributed by atoms with Gasteiger partial charge in [-0.25, -0.2) is 0 Å². The first-order chi connectivity index (χ1) is 23.4. The molecule has 0 bridgehead atoms. The molecule has 6 aliphatic rings. The summed E-state index contributed by atoms with van der Waals surface area (Å²) >= 11 is 38.5. The van der Waals surface area contributed by atoms with Gasteiger partial charge in [0.1, 0.15) is 0 Å². The zero-order valence-corrected chi connectivity index (χ0v) is 42.6. The predicted molar refractivity (Wildman–Crippen MR) is 272 cm³/mol. The van der Waals surface area contributed by atoms with E-state index in [-0.39, 0.29) is 0 Å². The van der Waals surface area contributed by atoms with Crippen molar-refractivity contribution in [3.63, 3.8) is 0 Å². The van der Waals surface area contributed by atoms with Gasteiger partial charge in [-0.2, -0.15) is 0 Å². The Hall–Kier alpha value is 4.40. The lowest BCUT2D eigenvalue weighted by Gasteiger charge is -2.14. The second kappa shape index (κ2) is 20.2. The summed E-state index contributed by atoms with van der Waals surface area (Å²) < 4.78 is 22.7. The van der Waals surface area contributed by atoms with Crippen molar-refractivity contribution in [2.45, 2.75) is 0 Å². The molecule has 0 aromatic heterocycles. The highest BCUT2D eigenvalue weighted by Gasteiger charge is 2.36. The van der Waals surface area contributed by atoms with E-state index in [4.69, 9.17) is 0 Å². The molecule has 20 heteroatoms. The summed E-state index contributed by atoms with van der Waals surface area (Å²) in [5.41, 5.74) is 2.72. The summed E-state index contributed by atoms with van der Waals surface area (Å²) in [6.07, 6.45) is 22.7. The van der Waals surface area contributed by atoms with Crippen LogP contribution < -0.4 is 0 Å². The molecular formula is C28H26S20. The van der Waals surface area contributed by atoms with Crippen molar-refractivity contribution in [2.75, 3.05) is 50.0 Å². The Bertz CT molecular complexity index is 1600. The molecule has 0 N–H and O–H groups in total. The third kappa shape index (κ3) is 9.74. The van der Waals surface area contributed by atoms with Gasteiger partial charge in [-0.15, -0.1) is 94.1 Å². The van der Waals surface area contributed by atoms with Gasteiger partial charge >= 0.3 is 0 Å². The Morgan fingerprint density at radius 3 is 0.896 bits per heavy atom. The zero-order valence-electron chi connectivity index (χ0n) is 26.3. The van der Waals surface area contributed by atoms with Gasteiger partial charge in [0.05, 0.1) is 67.8 Å². The van der Waals surface area contributed by atoms with Crippen LogP contribution in [0.25, 0.3) is 0 Å². The first-order valence-electron chi connectivity index (χ1n) is 13.2. The smallest absolute Gasteiger partial charge is 0.0718 e. The van der Waals surface area contributed by atoms with Crippen molar-refractivity contribution in [1.29, 1.82) is 0 Å². The van der Waals surface area contributed by atoms with E-state index < -0.39 is 0 Å². The Labute approximate surface area is 370 Å². The van der Waals surface area contributed by atoms with E-state index in [1.54, 1.807) is 0 Å². The first-order valence-corrected chi connectivity index (χ1v) is 32.8. The van der Waals surface area contributed by atoms with Crippen molar-refractivity contribution in [1.82, 2.24) is 0 Å². The molecule has 0 saturated carbocycles. The second-order valence-corrected chi connectivity index (χ2v) is 31.7. The summed E-state index contributed by atoms with van der Waals surface area (Å²) in [6.45, 7) is 0. The summed E-state index contributed by atoms with van der Waals surface area (Å²) in [4.78, 5) is 0. The van der Waals surface area contributed by atoms with Crippen molar-refractivity contribution >= 4 is 235 Å². The van der Waals surface area contributed by atoms with Crippen LogP contribution >= 0.6 is 235 Å². The lowest BCUT2D eigenvalue weighted by atomic mass is 10.1. The maximum atomic E-state index is 2.52. The van der Waals surface area contributed by atoms with E-state index in [9.17, 15) is 0 Å². The fourth-order valence-electron chi connectivity index (χ4n) is 3.94. The highest BCUT2D eigenvalue weighted by molar-refractivity contribution is 8.50. The molecule has 0 radical (unpaired) electrons. The van der Waals surface area contributed by atoms with Gasteiger partial charge in [-0.1, -0.05) is 141 Å². The van der Waals surface area contributed by atoms with Crippen LogP contribution in [0, 0.1) is 0 Å². The Morgan fingerprint density at radius 1 is 0.312 bits per heavy atom. The van der Waals surface area contributed by atoms with Gasteiger partial charge in [-0.3, -0.25) is 0 Å². The standard InChI is InChI=1S/C28H26S20/c1-29-17-18(30-2)38-13(37-17)9-11(15-41-19(31-3)20(32-4)42-15)12(16-43-21(33-5)22(34-6)44-16)10-14-39-25-26(40-14)48-28(47-25)27-45-23(35-7)24(36-8)46-27/h9-10H,1-8H3. The SMILES string of the molecule is CSC1=C(SC)SC(=CC(=C2SC(SC)=C(SC)S2)C(C=C2SC3=C(S2)SC(=C2SC(SC)=C(SC)S2)S3)=C2SC(SC)=C(SC)S2)S1. The van der Waals surface area contributed by atoms with Crippen LogP contribution in [-0.4, -0.2) is 50.0 Å². The summed E-state index contributed by atoms with van der Waals surface area (Å²) in [6, 6.07) is 0. The average Bonchev–Trinajstić information content (AvgIpc) is 3.95. The minimum Gasteiger partial charge on any atom is -0.121 e. The molecule has 0 amide bonds. The van der Waals surface area contributed by atoms with E-state index in [1.807, 2.05) is 235 Å². The van der Waals surface area contributed by atoms with Gasteiger partial charge in [0.15, 0.2) is 0 Å². The Balaban J connectivity index is 1.37. The maximum absolute atomic E-state index is 2.52. The lowest BCUT2D eigenvalue weighted by molar-refractivity contribution is 1.58. The number of hydrogen-bond acceptors (Lipinski definition) is 20. The first kappa shape index (κ1) is 42.0. The van der Waals surface area contributed by atoms with E-state index >= 15 is 0 Å². The zero-order chi connectivity index (χ0) is 33.9. The fraction of sp³-hybridized carbons (Fsp3) is 0.286. The van der Waals surface area contributed by atoms with Crippen LogP contribution in [0.15, 0.2) is 91.1 Å². The van der Waals surface area contributed by atoms with E-state index in [0.717, 1.165) is 0 Å². The van der Waals surface area contributed by atoms with Crippen molar-refractivity contribution in [2.24, 2.45) is 0 Å². The number of rotatable bonds is 11. The molecule has 6 aliphatic heterocycles. The fourth-order valence-corrected chi connectivity index (χ4v) is 30.5. The molecule has 0 fully saturated rings. The highest BCUT2D eigenvalue weighted by atomic mass is 32.3. The molecule has 6 rings (SSSR count). The molecule has 0 unspecified atom stereocenters. The molecule has 48 heavy (non-hydrogen) atoms. The average molecular weight is 1000 g/mol. The van der Waals surface area contributed by atoms with Gasteiger partial charge in [0.25, 0.3) is 0 Å². The van der Waals surface area contributed by atoms with Crippen LogP contribution in [0.3, 0.4) is 0 Å². The molecule has 6 heterocycles. The van der Waals surface area contributed by atoms with Gasteiger partial charge in [0, 0.05) is 11.1 Å². The quantitative estimate of drug-likeness (QED) is 0.193. The van der Waals surface area contributed by atoms with Crippen molar-refractivity contribution in [3.8, 4) is 0 Å². The summed E-state index contributed by atoms with van der Waals surface area (Å²) in [5, 5.41) is 0. The minimum absolute atomic E-state index is 1.36. The van der Waals surface area contributed by atoms with Crippen LogP contribution in [0.4, 0.5) is 0 Å². The van der Waals surface area contributed by atoms with Crippen LogP contribution in [0.5, 0.6) is 0 Å². The second-order valence-electron chi connectivity index (χ2n) is 8.64. The number of allylic oxidation sites excluding steroid dienone is 4. The van der Waals surface area contributed by atoms with Crippen molar-refractivity contribution in [3.05, 3.63) is 91.1 Å². The van der Waals surface area contributed by atoms with E-state index in [0.29, 0.717) is 0 Å². The summed E-state index contributed by atoms with van der Waals surface area (Å²) in [5.74, 6) is 0. The molecule has 0 aromatic rings. The van der Waals surface area contributed by atoms with Crippen molar-refractivity contribution < 1.29 is 0 Å². The molecule has 0 saturated heterocycles. The monoisotopic (exact) mass is 1000 g/mol. The molecule has 258 valence electrons. The van der Waals surface area contributed by atoms with Crippen LogP contribution in [0.1, 0.15) is 0 Å². The third-order valence-electron chi connectivity index (χ3n) is 5.99. The van der Waals surface area contributed by atoms with E-state index in [2.05, 4.69) is 62.2 Å². The topological polar surface area (TPSA) is 0 Å². The number of hydrogen-bond donors (Lipinski definition) is 0. The highest BCUT2D eigenvalue weighted by Crippen LogP contribution is 2.71. The Kier molecular flexibility index (Phi) is 17.7. The third-order valence-corrected chi connectivity index (χ3v) is 32.8. The lowest BCUT2D eigenvalue weighted by Crippen LogP contribution is -1.91. The van der Waals surface area contributed by atoms with Crippen LogP contribution in [-0.2, 0) is 0 Å². The molecule has 0 aromatic carbocycles. The molecular weight excluding hydrogens is 978 g/mol. The Morgan fingerprint density at radius 2 is 0.562 bits per heavy atom. The predicted octanol–water partition coefficient (Wildman–Crippen LogP) is 17.6.